The lowest BCUT2D eigenvalue weighted by Gasteiger charge is -2.16. The number of hydrogen-bond acceptors (Lipinski definition) is 2. The lowest BCUT2D eigenvalue weighted by molar-refractivity contribution is 0.0698. The molecule has 0 radical (unpaired) electrons. The number of halogens is 1. The summed E-state index contributed by atoms with van der Waals surface area (Å²) in [6.45, 7) is 6.16. The number of urea groups is 1. The van der Waals surface area contributed by atoms with Crippen LogP contribution >= 0.6 is 11.6 Å². The minimum atomic E-state index is -1.12. The van der Waals surface area contributed by atoms with Crippen molar-refractivity contribution in [1.82, 2.24) is 5.32 Å². The molecule has 0 aliphatic heterocycles. The van der Waals surface area contributed by atoms with Gasteiger partial charge in [0, 0.05) is 11.1 Å². The van der Waals surface area contributed by atoms with Crippen molar-refractivity contribution in [2.45, 2.75) is 39.7 Å². The third-order valence-electron chi connectivity index (χ3n) is 3.01. The number of benzene rings is 1. The molecule has 1 rings (SSSR count). The Balaban J connectivity index is 2.66. The van der Waals surface area contributed by atoms with Crippen molar-refractivity contribution in [2.75, 3.05) is 5.32 Å². The van der Waals surface area contributed by atoms with Gasteiger partial charge in [-0.3, -0.25) is 0 Å². The van der Waals surface area contributed by atoms with Crippen molar-refractivity contribution in [1.29, 1.82) is 0 Å². The molecule has 1 atom stereocenters. The highest BCUT2D eigenvalue weighted by molar-refractivity contribution is 6.31. The maximum Gasteiger partial charge on any atom is 0.337 e. The zero-order valence-corrected chi connectivity index (χ0v) is 13.2. The number of carbonyl (C=O) groups excluding carboxylic acids is 1. The van der Waals surface area contributed by atoms with E-state index in [2.05, 4.69) is 24.5 Å². The van der Waals surface area contributed by atoms with Crippen molar-refractivity contribution in [3.8, 4) is 0 Å². The summed E-state index contributed by atoms with van der Waals surface area (Å²) in [5.41, 5.74) is 0.188. The molecule has 2 amide bonds. The van der Waals surface area contributed by atoms with Crippen LogP contribution in [0.25, 0.3) is 0 Å². The van der Waals surface area contributed by atoms with E-state index in [1.54, 1.807) is 0 Å². The van der Waals surface area contributed by atoms with Crippen LogP contribution in [0.1, 0.15) is 44.0 Å². The standard InChI is InChI=1S/C15H21ClN2O3/c1-9(2)4-5-10(3)17-15(21)18-13-8-11(16)6-7-12(13)14(19)20/h6-10H,4-5H2,1-3H3,(H,19,20)(H2,17,18,21). The minimum absolute atomic E-state index is 0.00406. The Morgan fingerprint density at radius 1 is 1.24 bits per heavy atom. The van der Waals surface area contributed by atoms with Crippen molar-refractivity contribution >= 4 is 29.3 Å². The zero-order valence-electron chi connectivity index (χ0n) is 12.4. The third kappa shape index (κ3) is 6.04. The first kappa shape index (κ1) is 17.3. The van der Waals surface area contributed by atoms with Crippen LogP contribution in [0, 0.1) is 5.92 Å². The molecule has 5 nitrogen and oxygen atoms in total. The molecule has 6 heteroatoms. The largest absolute Gasteiger partial charge is 0.478 e. The van der Waals surface area contributed by atoms with Crippen LogP contribution < -0.4 is 10.6 Å². The molecular weight excluding hydrogens is 292 g/mol. The summed E-state index contributed by atoms with van der Waals surface area (Å²) in [5, 5.41) is 14.8. The lowest BCUT2D eigenvalue weighted by atomic mass is 10.0. The fraction of sp³-hybridized carbons (Fsp3) is 0.467. The zero-order chi connectivity index (χ0) is 16.0. The first-order valence-electron chi connectivity index (χ1n) is 6.90. The Kier molecular flexibility index (Phi) is 6.49. The Hall–Kier alpha value is -1.75. The van der Waals surface area contributed by atoms with E-state index < -0.39 is 12.0 Å². The second-order valence-corrected chi connectivity index (χ2v) is 5.90. The molecule has 116 valence electrons. The van der Waals surface area contributed by atoms with E-state index in [1.807, 2.05) is 6.92 Å². The number of aromatic carboxylic acids is 1. The van der Waals surface area contributed by atoms with E-state index in [0.717, 1.165) is 12.8 Å². The monoisotopic (exact) mass is 312 g/mol. The summed E-state index contributed by atoms with van der Waals surface area (Å²) in [7, 11) is 0. The highest BCUT2D eigenvalue weighted by Gasteiger charge is 2.14. The molecule has 0 bridgehead atoms. The van der Waals surface area contributed by atoms with Crippen molar-refractivity contribution in [3.05, 3.63) is 28.8 Å². The number of carboxylic acids is 1. The highest BCUT2D eigenvalue weighted by atomic mass is 35.5. The number of hydrogen-bond donors (Lipinski definition) is 3. The van der Waals surface area contributed by atoms with Gasteiger partial charge in [-0.2, -0.15) is 0 Å². The molecule has 0 saturated carbocycles. The van der Waals surface area contributed by atoms with Crippen molar-refractivity contribution in [3.63, 3.8) is 0 Å². The summed E-state index contributed by atoms with van der Waals surface area (Å²) in [6.07, 6.45) is 1.88. The fourth-order valence-corrected chi connectivity index (χ4v) is 2.02. The molecule has 0 spiro atoms. The fourth-order valence-electron chi connectivity index (χ4n) is 1.84. The van der Waals surface area contributed by atoms with Gasteiger partial charge in [-0.15, -0.1) is 0 Å². The number of rotatable bonds is 6. The smallest absolute Gasteiger partial charge is 0.337 e. The quantitative estimate of drug-likeness (QED) is 0.743. The van der Waals surface area contributed by atoms with Gasteiger partial charge in [-0.25, -0.2) is 9.59 Å². The van der Waals surface area contributed by atoms with Gasteiger partial charge in [0.05, 0.1) is 11.3 Å². The average Bonchev–Trinajstić information content (AvgIpc) is 2.35. The topological polar surface area (TPSA) is 78.4 Å². The van der Waals surface area contributed by atoms with Gasteiger partial charge in [-0.1, -0.05) is 25.4 Å². The average molecular weight is 313 g/mol. The molecule has 1 unspecified atom stereocenters. The summed E-state index contributed by atoms with van der Waals surface area (Å²) in [4.78, 5) is 23.0. The van der Waals surface area contributed by atoms with Crippen LogP contribution in [-0.2, 0) is 0 Å². The predicted octanol–water partition coefficient (Wildman–Crippen LogP) is 3.98. The number of nitrogens with one attached hydrogen (secondary N) is 2. The maximum atomic E-state index is 11.9. The van der Waals surface area contributed by atoms with Gasteiger partial charge in [0.15, 0.2) is 0 Å². The first-order chi connectivity index (χ1) is 9.79. The highest BCUT2D eigenvalue weighted by Crippen LogP contribution is 2.21. The summed E-state index contributed by atoms with van der Waals surface area (Å²) >= 11 is 5.83. The second kappa shape index (κ2) is 7.88. The van der Waals surface area contributed by atoms with Crippen LogP contribution in [0.15, 0.2) is 18.2 Å². The number of anilines is 1. The van der Waals surface area contributed by atoms with E-state index in [9.17, 15) is 9.59 Å². The molecule has 21 heavy (non-hydrogen) atoms. The van der Waals surface area contributed by atoms with Crippen LogP contribution in [0.2, 0.25) is 5.02 Å². The summed E-state index contributed by atoms with van der Waals surface area (Å²) in [6, 6.07) is 3.83. The van der Waals surface area contributed by atoms with Gasteiger partial charge < -0.3 is 15.7 Å². The Labute approximate surface area is 129 Å². The molecule has 1 aromatic rings. The van der Waals surface area contributed by atoms with Gasteiger partial charge in [-0.05, 0) is 43.9 Å². The second-order valence-electron chi connectivity index (χ2n) is 5.47. The lowest BCUT2D eigenvalue weighted by Crippen LogP contribution is -2.36. The van der Waals surface area contributed by atoms with E-state index in [4.69, 9.17) is 16.7 Å². The van der Waals surface area contributed by atoms with E-state index >= 15 is 0 Å². The van der Waals surface area contributed by atoms with Crippen molar-refractivity contribution in [2.24, 2.45) is 5.92 Å². The van der Waals surface area contributed by atoms with E-state index in [-0.39, 0.29) is 17.3 Å². The molecule has 0 heterocycles. The van der Waals surface area contributed by atoms with Crippen LogP contribution in [0.3, 0.4) is 0 Å². The van der Waals surface area contributed by atoms with E-state index in [0.29, 0.717) is 10.9 Å². The minimum Gasteiger partial charge on any atom is -0.478 e. The molecular formula is C15H21ClN2O3. The summed E-state index contributed by atoms with van der Waals surface area (Å²) < 4.78 is 0. The molecule has 0 aliphatic rings. The van der Waals surface area contributed by atoms with Gasteiger partial charge in [0.2, 0.25) is 0 Å². The molecule has 3 N–H and O–H groups in total. The number of amides is 2. The molecule has 0 saturated heterocycles. The molecule has 0 aliphatic carbocycles. The SMILES string of the molecule is CC(C)CCC(C)NC(=O)Nc1cc(Cl)ccc1C(=O)O. The van der Waals surface area contributed by atoms with Gasteiger partial charge in [0.25, 0.3) is 0 Å². The summed E-state index contributed by atoms with van der Waals surface area (Å²) in [5.74, 6) is -0.543. The number of carbonyl (C=O) groups is 2. The molecule has 0 aromatic heterocycles. The molecule has 1 aromatic carbocycles. The Bertz CT molecular complexity index is 518. The van der Waals surface area contributed by atoms with E-state index in [1.165, 1.54) is 18.2 Å². The van der Waals surface area contributed by atoms with Crippen molar-refractivity contribution < 1.29 is 14.7 Å². The van der Waals surface area contributed by atoms with Crippen LogP contribution in [0.5, 0.6) is 0 Å². The molecule has 0 fully saturated rings. The predicted molar refractivity (Wildman–Crippen MR) is 84.1 cm³/mol. The van der Waals surface area contributed by atoms with Crippen LogP contribution in [0.4, 0.5) is 10.5 Å². The Morgan fingerprint density at radius 2 is 1.90 bits per heavy atom. The van der Waals surface area contributed by atoms with Gasteiger partial charge >= 0.3 is 12.0 Å². The first-order valence-corrected chi connectivity index (χ1v) is 7.27. The number of carboxylic acid groups (broad SMARTS) is 1. The Morgan fingerprint density at radius 3 is 2.48 bits per heavy atom. The normalized spacial score (nSPS) is 12.0. The third-order valence-corrected chi connectivity index (χ3v) is 3.25. The maximum absolute atomic E-state index is 11.9. The van der Waals surface area contributed by atoms with Gasteiger partial charge in [0.1, 0.15) is 0 Å². The van der Waals surface area contributed by atoms with Crippen LogP contribution in [-0.4, -0.2) is 23.1 Å².